The molecule has 0 radical (unpaired) electrons. The van der Waals surface area contributed by atoms with E-state index in [0.717, 1.165) is 41.2 Å². The number of nitrogens with one attached hydrogen (secondary N) is 1. The van der Waals surface area contributed by atoms with Crippen LogP contribution in [0.25, 0.3) is 5.82 Å². The molecule has 0 bridgehead atoms. The monoisotopic (exact) mass is 298 g/mol. The van der Waals surface area contributed by atoms with Crippen molar-refractivity contribution < 1.29 is 13.2 Å². The summed E-state index contributed by atoms with van der Waals surface area (Å²) in [6.45, 7) is 5.49. The van der Waals surface area contributed by atoms with E-state index in [1.54, 1.807) is 13.1 Å². The number of aryl methyl sites for hydroxylation is 1. The van der Waals surface area contributed by atoms with E-state index in [1.807, 2.05) is 6.07 Å². The highest BCUT2D eigenvalue weighted by Gasteiger charge is 2.32. The summed E-state index contributed by atoms with van der Waals surface area (Å²) in [5, 5.41) is 6.99. The van der Waals surface area contributed by atoms with Gasteiger partial charge in [-0.1, -0.05) is 6.92 Å². The molecule has 114 valence electrons. The summed E-state index contributed by atoms with van der Waals surface area (Å²) in [6.07, 6.45) is 0.0519. The van der Waals surface area contributed by atoms with E-state index < -0.39 is 11.7 Å². The van der Waals surface area contributed by atoms with Crippen molar-refractivity contribution in [2.24, 2.45) is 0 Å². The van der Waals surface area contributed by atoms with Gasteiger partial charge in [-0.2, -0.15) is 18.3 Å². The maximum Gasteiger partial charge on any atom is 0.419 e. The van der Waals surface area contributed by atoms with Crippen molar-refractivity contribution in [1.82, 2.24) is 20.1 Å². The van der Waals surface area contributed by atoms with Crippen molar-refractivity contribution in [2.75, 3.05) is 6.54 Å². The molecule has 21 heavy (non-hydrogen) atoms. The highest BCUT2D eigenvalue weighted by Crippen LogP contribution is 2.29. The number of hydrogen-bond acceptors (Lipinski definition) is 3. The van der Waals surface area contributed by atoms with Crippen LogP contribution >= 0.6 is 0 Å². The molecule has 2 heterocycles. The van der Waals surface area contributed by atoms with E-state index in [4.69, 9.17) is 0 Å². The number of aromatic nitrogens is 3. The minimum atomic E-state index is -4.39. The van der Waals surface area contributed by atoms with Gasteiger partial charge in [0.05, 0.1) is 11.8 Å². The molecule has 2 aromatic heterocycles. The molecule has 7 heteroatoms. The molecule has 0 amide bonds. The molecule has 0 atom stereocenters. The standard InChI is InChI=1S/C14H17F3N4/c1-3-4-18-6-11-5-10(2)13(19-7-11)21-9-12(8-20-21)14(15,16)17/h5,7-9,18H,3-4,6H2,1-2H3. The SMILES string of the molecule is CCCNCc1cnc(-n2cc(C(F)(F)F)cn2)c(C)c1. The van der Waals surface area contributed by atoms with Crippen molar-refractivity contribution in [3.63, 3.8) is 0 Å². The summed E-state index contributed by atoms with van der Waals surface area (Å²) >= 11 is 0. The predicted octanol–water partition coefficient (Wildman–Crippen LogP) is 3.09. The van der Waals surface area contributed by atoms with Gasteiger partial charge in [0.1, 0.15) is 0 Å². The number of halogens is 3. The number of pyridine rings is 1. The Kier molecular flexibility index (Phi) is 4.62. The quantitative estimate of drug-likeness (QED) is 0.863. The fraction of sp³-hybridized carbons (Fsp3) is 0.429. The van der Waals surface area contributed by atoms with Crippen LogP contribution in [0.15, 0.2) is 24.7 Å². The van der Waals surface area contributed by atoms with Gasteiger partial charge in [-0.05, 0) is 37.1 Å². The normalized spacial score (nSPS) is 11.9. The fourth-order valence-corrected chi connectivity index (χ4v) is 1.96. The molecule has 0 unspecified atom stereocenters. The van der Waals surface area contributed by atoms with Crippen LogP contribution in [0.1, 0.15) is 30.0 Å². The lowest BCUT2D eigenvalue weighted by Gasteiger charge is -2.08. The molecule has 0 saturated carbocycles. The second kappa shape index (κ2) is 6.26. The third kappa shape index (κ3) is 3.81. The maximum atomic E-state index is 12.6. The van der Waals surface area contributed by atoms with Gasteiger partial charge in [-0.25, -0.2) is 9.67 Å². The van der Waals surface area contributed by atoms with Crippen LogP contribution in [0.2, 0.25) is 0 Å². The van der Waals surface area contributed by atoms with E-state index in [0.29, 0.717) is 12.4 Å². The van der Waals surface area contributed by atoms with Crippen LogP contribution in [-0.2, 0) is 12.7 Å². The van der Waals surface area contributed by atoms with E-state index >= 15 is 0 Å². The average molecular weight is 298 g/mol. The molecular formula is C14H17F3N4. The summed E-state index contributed by atoms with van der Waals surface area (Å²) < 4.78 is 38.9. The van der Waals surface area contributed by atoms with Crippen molar-refractivity contribution in [3.8, 4) is 5.82 Å². The Morgan fingerprint density at radius 1 is 1.29 bits per heavy atom. The Morgan fingerprint density at radius 2 is 2.05 bits per heavy atom. The van der Waals surface area contributed by atoms with E-state index in [-0.39, 0.29) is 0 Å². The highest BCUT2D eigenvalue weighted by atomic mass is 19.4. The lowest BCUT2D eigenvalue weighted by molar-refractivity contribution is -0.137. The Morgan fingerprint density at radius 3 is 2.62 bits per heavy atom. The molecule has 0 aromatic carbocycles. The van der Waals surface area contributed by atoms with E-state index in [9.17, 15) is 13.2 Å². The van der Waals surface area contributed by atoms with Crippen molar-refractivity contribution in [2.45, 2.75) is 33.0 Å². The lowest BCUT2D eigenvalue weighted by Crippen LogP contribution is -2.14. The van der Waals surface area contributed by atoms with Crippen molar-refractivity contribution in [3.05, 3.63) is 41.3 Å². The number of hydrogen-bond donors (Lipinski definition) is 1. The third-order valence-electron chi connectivity index (χ3n) is 2.99. The van der Waals surface area contributed by atoms with Gasteiger partial charge in [-0.3, -0.25) is 0 Å². The molecule has 0 fully saturated rings. The molecule has 0 aliphatic heterocycles. The first-order valence-corrected chi connectivity index (χ1v) is 6.70. The second-order valence-corrected chi connectivity index (χ2v) is 4.83. The summed E-state index contributed by atoms with van der Waals surface area (Å²) in [5.74, 6) is 0.407. The average Bonchev–Trinajstić information content (AvgIpc) is 2.88. The van der Waals surface area contributed by atoms with Gasteiger partial charge in [0.15, 0.2) is 5.82 Å². The summed E-state index contributed by atoms with van der Waals surface area (Å²) in [5.41, 5.74) is 0.993. The Bertz CT molecular complexity index is 605. The van der Waals surface area contributed by atoms with Crippen LogP contribution in [0.3, 0.4) is 0 Å². The minimum absolute atomic E-state index is 0.407. The van der Waals surface area contributed by atoms with Crippen LogP contribution in [0.5, 0.6) is 0 Å². The van der Waals surface area contributed by atoms with Crippen LogP contribution in [0.4, 0.5) is 13.2 Å². The molecule has 4 nitrogen and oxygen atoms in total. The van der Waals surface area contributed by atoms with Gasteiger partial charge in [0.2, 0.25) is 0 Å². The second-order valence-electron chi connectivity index (χ2n) is 4.83. The molecular weight excluding hydrogens is 281 g/mol. The molecule has 0 spiro atoms. The first-order valence-electron chi connectivity index (χ1n) is 6.70. The van der Waals surface area contributed by atoms with E-state index in [1.165, 1.54) is 0 Å². The van der Waals surface area contributed by atoms with Crippen LogP contribution in [-0.4, -0.2) is 21.3 Å². The predicted molar refractivity (Wildman–Crippen MR) is 73.1 cm³/mol. The van der Waals surface area contributed by atoms with Crippen LogP contribution < -0.4 is 5.32 Å². The Hall–Kier alpha value is -1.89. The van der Waals surface area contributed by atoms with Gasteiger partial charge in [0, 0.05) is 18.9 Å². The first-order chi connectivity index (χ1) is 9.91. The van der Waals surface area contributed by atoms with Crippen LogP contribution in [0, 0.1) is 6.92 Å². The van der Waals surface area contributed by atoms with Crippen molar-refractivity contribution in [1.29, 1.82) is 0 Å². The fourth-order valence-electron chi connectivity index (χ4n) is 1.96. The third-order valence-corrected chi connectivity index (χ3v) is 2.99. The summed E-state index contributed by atoms with van der Waals surface area (Å²) in [4.78, 5) is 4.22. The Balaban J connectivity index is 2.19. The zero-order valence-corrected chi connectivity index (χ0v) is 11.9. The first kappa shape index (κ1) is 15.5. The topological polar surface area (TPSA) is 42.7 Å². The molecule has 2 rings (SSSR count). The highest BCUT2D eigenvalue weighted by molar-refractivity contribution is 5.35. The minimum Gasteiger partial charge on any atom is -0.313 e. The zero-order chi connectivity index (χ0) is 15.5. The number of alkyl halides is 3. The molecule has 0 saturated heterocycles. The zero-order valence-electron chi connectivity index (χ0n) is 11.9. The number of nitrogens with zero attached hydrogens (tertiary/aromatic N) is 3. The molecule has 0 aliphatic rings. The molecule has 0 aliphatic carbocycles. The maximum absolute atomic E-state index is 12.6. The molecule has 1 N–H and O–H groups in total. The van der Waals surface area contributed by atoms with Gasteiger partial charge < -0.3 is 5.32 Å². The molecule has 2 aromatic rings. The number of rotatable bonds is 5. The smallest absolute Gasteiger partial charge is 0.313 e. The van der Waals surface area contributed by atoms with Crippen molar-refractivity contribution >= 4 is 0 Å². The van der Waals surface area contributed by atoms with Gasteiger partial charge >= 0.3 is 6.18 Å². The lowest BCUT2D eigenvalue weighted by atomic mass is 10.2. The Labute approximate surface area is 121 Å². The van der Waals surface area contributed by atoms with E-state index in [2.05, 4.69) is 22.3 Å². The summed E-state index contributed by atoms with van der Waals surface area (Å²) in [7, 11) is 0. The largest absolute Gasteiger partial charge is 0.419 e. The summed E-state index contributed by atoms with van der Waals surface area (Å²) in [6, 6.07) is 1.90. The van der Waals surface area contributed by atoms with Gasteiger partial charge in [0.25, 0.3) is 0 Å². The van der Waals surface area contributed by atoms with Gasteiger partial charge in [-0.15, -0.1) is 0 Å².